The summed E-state index contributed by atoms with van der Waals surface area (Å²) in [6.07, 6.45) is 2.16. The number of hydrogen-bond acceptors (Lipinski definition) is 3. The maximum absolute atomic E-state index is 10.1. The molecule has 0 aliphatic heterocycles. The molecule has 0 rings (SSSR count). The minimum absolute atomic E-state index is 0. The number of nitrogens with two attached hydrogens (primary N) is 2. The van der Waals surface area contributed by atoms with Gasteiger partial charge in [-0.3, -0.25) is 4.79 Å². The van der Waals surface area contributed by atoms with Crippen molar-refractivity contribution in [3.8, 4) is 0 Å². The van der Waals surface area contributed by atoms with E-state index < -0.39 is 12.0 Å². The quantitative estimate of drug-likeness (QED) is 0.491. The molecule has 76 valence electrons. The molecule has 5 N–H and O–H groups in total. The number of unbranched alkanes of at least 4 members (excludes halogenated alkanes) is 1. The molecule has 0 unspecified atom stereocenters. The van der Waals surface area contributed by atoms with Crippen molar-refractivity contribution in [3.05, 3.63) is 0 Å². The molecule has 0 aromatic rings. The summed E-state index contributed by atoms with van der Waals surface area (Å²) in [5.74, 6) is -0.933. The molecule has 0 heterocycles. The average Bonchev–Trinajstić information content (AvgIpc) is 1.88. The van der Waals surface area contributed by atoms with Crippen LogP contribution in [-0.2, 0) is 4.79 Å². The molecule has 0 aromatic carbocycles. The molecule has 0 radical (unpaired) electrons. The van der Waals surface area contributed by atoms with Crippen LogP contribution in [0.1, 0.15) is 19.3 Å². The van der Waals surface area contributed by atoms with Gasteiger partial charge >= 0.3 is 32.5 Å². The van der Waals surface area contributed by atoms with Crippen molar-refractivity contribution in [3.63, 3.8) is 0 Å². The van der Waals surface area contributed by atoms with Crippen LogP contribution in [0.3, 0.4) is 0 Å². The van der Waals surface area contributed by atoms with Crippen molar-refractivity contribution in [2.24, 2.45) is 11.5 Å². The number of hydrogen-bond donors (Lipinski definition) is 3. The molecule has 4 nitrogen and oxygen atoms in total. The van der Waals surface area contributed by atoms with Crippen molar-refractivity contribution >= 4 is 49.5 Å². The average molecular weight is 438 g/mol. The first kappa shape index (κ1) is 18.5. The Hall–Kier alpha value is 0.766. The zero-order valence-corrected chi connectivity index (χ0v) is 12.4. The molecule has 0 fully saturated rings. The third-order valence-electron chi connectivity index (χ3n) is 1.29. The van der Waals surface area contributed by atoms with Crippen LogP contribution in [0.4, 0.5) is 0 Å². The van der Waals surface area contributed by atoms with Crippen LogP contribution in [0.2, 0.25) is 0 Å². The van der Waals surface area contributed by atoms with Gasteiger partial charge < -0.3 is 16.6 Å². The molecular formula is C6H17BrN2O2Po. The van der Waals surface area contributed by atoms with Crippen molar-refractivity contribution in [2.75, 3.05) is 6.54 Å². The summed E-state index contributed by atoms with van der Waals surface area (Å²) >= 11 is 0. The zero-order valence-electron chi connectivity index (χ0n) is 6.82. The van der Waals surface area contributed by atoms with Gasteiger partial charge in [-0.1, -0.05) is 6.42 Å². The van der Waals surface area contributed by atoms with Gasteiger partial charge in [0.15, 0.2) is 0 Å². The van der Waals surface area contributed by atoms with Gasteiger partial charge in [0.05, 0.1) is 0 Å². The molecule has 0 aliphatic rings. The van der Waals surface area contributed by atoms with Crippen LogP contribution in [0, 0.1) is 0 Å². The second kappa shape index (κ2) is 11.8. The molecule has 6 heteroatoms. The van der Waals surface area contributed by atoms with Crippen LogP contribution < -0.4 is 11.5 Å². The van der Waals surface area contributed by atoms with Gasteiger partial charge in [0, 0.05) is 0 Å². The predicted octanol–water partition coefficient (Wildman–Crippen LogP) is -0.811. The fourth-order valence-corrected chi connectivity index (χ4v) is 0.632. The van der Waals surface area contributed by atoms with Crippen LogP contribution in [-0.4, -0.2) is 50.2 Å². The summed E-state index contributed by atoms with van der Waals surface area (Å²) < 4.78 is 0. The maximum atomic E-state index is 10.1. The number of carbonyl (C=O) groups is 1. The van der Waals surface area contributed by atoms with Gasteiger partial charge in [-0.05, 0) is 19.4 Å². The number of rotatable bonds is 5. The van der Waals surface area contributed by atoms with E-state index in [-0.39, 0.29) is 43.5 Å². The summed E-state index contributed by atoms with van der Waals surface area (Å²) in [6.45, 7) is 0.604. The van der Waals surface area contributed by atoms with Crippen LogP contribution in [0.5, 0.6) is 0 Å². The molecular weight excluding hydrogens is 421 g/mol. The monoisotopic (exact) mass is 437 g/mol. The molecule has 0 amide bonds. The van der Waals surface area contributed by atoms with Crippen molar-refractivity contribution in [1.29, 1.82) is 0 Å². The van der Waals surface area contributed by atoms with Gasteiger partial charge in [0.1, 0.15) is 6.04 Å². The first-order chi connectivity index (χ1) is 4.68. The van der Waals surface area contributed by atoms with E-state index in [9.17, 15) is 4.79 Å². The van der Waals surface area contributed by atoms with E-state index in [4.69, 9.17) is 16.6 Å². The summed E-state index contributed by atoms with van der Waals surface area (Å²) in [5.41, 5.74) is 10.4. The minimum atomic E-state index is -0.933. The van der Waals surface area contributed by atoms with Crippen LogP contribution in [0.15, 0.2) is 0 Å². The standard InChI is InChI=1S/C6H14N2O2.BrH.Po.2H/c7-4-2-1-3-5(8)6(9)10;;;;/h5H,1-4,7-8H2,(H,9,10);1H;;;/t5-;;;;/m0..../s1. The van der Waals surface area contributed by atoms with E-state index in [1.807, 2.05) is 0 Å². The Balaban J connectivity index is -0.000000405. The molecule has 12 heavy (non-hydrogen) atoms. The molecule has 0 saturated carbocycles. The van der Waals surface area contributed by atoms with Crippen LogP contribution in [0.25, 0.3) is 0 Å². The number of carboxylic acid groups (broad SMARTS) is 1. The number of halogens is 1. The molecule has 1 atom stereocenters. The summed E-state index contributed by atoms with van der Waals surface area (Å²) in [4.78, 5) is 10.1. The van der Waals surface area contributed by atoms with Crippen LogP contribution >= 0.6 is 17.0 Å². The summed E-state index contributed by atoms with van der Waals surface area (Å²) in [5, 5.41) is 8.33. The first-order valence-corrected chi connectivity index (χ1v) is 3.37. The van der Waals surface area contributed by atoms with Gasteiger partial charge in [-0.25, -0.2) is 0 Å². The molecule has 0 spiro atoms. The molecule has 0 bridgehead atoms. The third kappa shape index (κ3) is 10.8. The van der Waals surface area contributed by atoms with E-state index >= 15 is 0 Å². The van der Waals surface area contributed by atoms with E-state index in [0.29, 0.717) is 13.0 Å². The fourth-order valence-electron chi connectivity index (χ4n) is 0.632. The van der Waals surface area contributed by atoms with Crippen molar-refractivity contribution in [2.45, 2.75) is 25.3 Å². The first-order valence-electron chi connectivity index (χ1n) is 3.37. The molecule has 0 aliphatic carbocycles. The Kier molecular flexibility index (Phi) is 18.2. The summed E-state index contributed by atoms with van der Waals surface area (Å²) in [6, 6.07) is -0.716. The third-order valence-corrected chi connectivity index (χ3v) is 1.29. The second-order valence-corrected chi connectivity index (χ2v) is 2.23. The van der Waals surface area contributed by atoms with Crippen molar-refractivity contribution in [1.82, 2.24) is 0 Å². The predicted molar refractivity (Wildman–Crippen MR) is 57.4 cm³/mol. The summed E-state index contributed by atoms with van der Waals surface area (Å²) in [7, 11) is 0. The van der Waals surface area contributed by atoms with Gasteiger partial charge in [-0.2, -0.15) is 0 Å². The topological polar surface area (TPSA) is 89.3 Å². The van der Waals surface area contributed by atoms with Crippen molar-refractivity contribution < 1.29 is 9.90 Å². The van der Waals surface area contributed by atoms with Gasteiger partial charge in [-0.15, -0.1) is 17.0 Å². The zero-order chi connectivity index (χ0) is 7.98. The normalized spacial score (nSPS) is 10.8. The Morgan fingerprint density at radius 2 is 1.92 bits per heavy atom. The fraction of sp³-hybridized carbons (Fsp3) is 0.833. The van der Waals surface area contributed by atoms with Gasteiger partial charge in [0.25, 0.3) is 0 Å². The Labute approximate surface area is 102 Å². The van der Waals surface area contributed by atoms with E-state index in [1.54, 1.807) is 0 Å². The molecule has 0 saturated heterocycles. The SMILES string of the molecule is Br.NCCCC[C@H](N)C(=O)O.[PoH2]. The van der Waals surface area contributed by atoms with E-state index in [0.717, 1.165) is 12.8 Å². The Morgan fingerprint density at radius 3 is 2.25 bits per heavy atom. The van der Waals surface area contributed by atoms with E-state index in [1.165, 1.54) is 0 Å². The van der Waals surface area contributed by atoms with E-state index in [2.05, 4.69) is 0 Å². The number of carboxylic acids is 1. The Morgan fingerprint density at radius 1 is 1.42 bits per heavy atom. The Bertz CT molecular complexity index is 116. The van der Waals surface area contributed by atoms with Gasteiger partial charge in [0.2, 0.25) is 0 Å². The second-order valence-electron chi connectivity index (χ2n) is 2.23. The molecule has 0 aromatic heterocycles. The number of aliphatic carboxylic acids is 1.